The third kappa shape index (κ3) is 4.47. The van der Waals surface area contributed by atoms with E-state index < -0.39 is 10.0 Å². The molecule has 0 spiro atoms. The second-order valence-electron chi connectivity index (χ2n) is 5.44. The van der Waals surface area contributed by atoms with Gasteiger partial charge in [0, 0.05) is 18.3 Å². The summed E-state index contributed by atoms with van der Waals surface area (Å²) in [6.45, 7) is 4.68. The molecule has 1 aliphatic heterocycles. The van der Waals surface area contributed by atoms with Crippen molar-refractivity contribution in [1.82, 2.24) is 9.62 Å². The lowest BCUT2D eigenvalue weighted by Gasteiger charge is -2.23. The van der Waals surface area contributed by atoms with Crippen molar-refractivity contribution in [3.63, 3.8) is 0 Å². The van der Waals surface area contributed by atoms with Crippen LogP contribution in [0.1, 0.15) is 25.3 Å². The van der Waals surface area contributed by atoms with Crippen molar-refractivity contribution < 1.29 is 8.42 Å². The van der Waals surface area contributed by atoms with Crippen LogP contribution >= 0.6 is 0 Å². The Morgan fingerprint density at radius 1 is 1.25 bits per heavy atom. The molecule has 0 bridgehead atoms. The van der Waals surface area contributed by atoms with Crippen LogP contribution in [0.4, 0.5) is 5.69 Å². The van der Waals surface area contributed by atoms with E-state index in [2.05, 4.69) is 16.5 Å². The first kappa shape index (κ1) is 15.3. The molecule has 6 heteroatoms. The fourth-order valence-electron chi connectivity index (χ4n) is 2.44. The molecule has 1 aromatic rings. The number of nitrogen functional groups attached to an aromatic ring is 1. The van der Waals surface area contributed by atoms with Crippen LogP contribution in [-0.4, -0.2) is 39.0 Å². The van der Waals surface area contributed by atoms with Crippen molar-refractivity contribution in [3.05, 3.63) is 29.8 Å². The van der Waals surface area contributed by atoms with E-state index in [1.165, 1.54) is 12.8 Å². The van der Waals surface area contributed by atoms with Gasteiger partial charge in [0.1, 0.15) is 0 Å². The maximum atomic E-state index is 12.0. The minimum absolute atomic E-state index is 0. The van der Waals surface area contributed by atoms with E-state index in [1.807, 2.05) is 0 Å². The first-order chi connectivity index (χ1) is 9.46. The second kappa shape index (κ2) is 6.56. The highest BCUT2D eigenvalue weighted by Crippen LogP contribution is 2.12. The average Bonchev–Trinajstić information content (AvgIpc) is 2.93. The van der Waals surface area contributed by atoms with E-state index in [0.29, 0.717) is 12.2 Å². The van der Waals surface area contributed by atoms with Crippen LogP contribution in [0.25, 0.3) is 0 Å². The van der Waals surface area contributed by atoms with E-state index in [9.17, 15) is 8.42 Å². The summed E-state index contributed by atoms with van der Waals surface area (Å²) in [5.74, 6) is 0. The maximum Gasteiger partial charge on any atom is 0.215 e. The molecule has 1 saturated heterocycles. The van der Waals surface area contributed by atoms with Crippen molar-refractivity contribution in [3.8, 4) is 0 Å². The Balaban J connectivity index is 1.85. The summed E-state index contributed by atoms with van der Waals surface area (Å²) in [5, 5.41) is 0. The standard InChI is InChI=1S/C14H23N3O2S/c1-12(17-8-2-3-9-17)10-16-20(18,19)11-13-4-6-14(15)7-5-13/h4-7,12,16H,2-3,8-11,15H2,1H3. The third-order valence-electron chi connectivity index (χ3n) is 3.70. The summed E-state index contributed by atoms with van der Waals surface area (Å²) in [5.41, 5.74) is 6.98. The number of likely N-dealkylation sites (tertiary alicyclic amines) is 1. The highest BCUT2D eigenvalue weighted by Gasteiger charge is 2.20. The molecule has 112 valence electrons. The summed E-state index contributed by atoms with van der Waals surface area (Å²) < 4.78 is 26.8. The molecule has 0 aromatic heterocycles. The summed E-state index contributed by atoms with van der Waals surface area (Å²) in [4.78, 5) is 2.33. The molecule has 2 rings (SSSR count). The Hall–Kier alpha value is -1.11. The Bertz CT molecular complexity index is 522. The first-order valence-electron chi connectivity index (χ1n) is 7.02. The number of anilines is 1. The fraction of sp³-hybridized carbons (Fsp3) is 0.571. The van der Waals surface area contributed by atoms with Crippen LogP contribution in [0.3, 0.4) is 0 Å². The van der Waals surface area contributed by atoms with Gasteiger partial charge in [0.25, 0.3) is 0 Å². The summed E-state index contributed by atoms with van der Waals surface area (Å²) >= 11 is 0. The summed E-state index contributed by atoms with van der Waals surface area (Å²) in [6.07, 6.45) is 2.42. The largest absolute Gasteiger partial charge is 0.399 e. The minimum atomic E-state index is -3.29. The van der Waals surface area contributed by atoms with Gasteiger partial charge in [0.15, 0.2) is 0 Å². The van der Waals surface area contributed by atoms with E-state index >= 15 is 0 Å². The van der Waals surface area contributed by atoms with Crippen molar-refractivity contribution in [2.75, 3.05) is 25.4 Å². The zero-order valence-corrected chi connectivity index (χ0v) is 12.7. The lowest BCUT2D eigenvalue weighted by molar-refractivity contribution is 0.260. The van der Waals surface area contributed by atoms with Gasteiger partial charge in [0.05, 0.1) is 5.75 Å². The van der Waals surface area contributed by atoms with Crippen molar-refractivity contribution in [2.45, 2.75) is 31.6 Å². The number of hydrogen-bond acceptors (Lipinski definition) is 4. The molecule has 1 unspecified atom stereocenters. The van der Waals surface area contributed by atoms with Crippen molar-refractivity contribution >= 4 is 15.7 Å². The molecule has 0 aliphatic carbocycles. The van der Waals surface area contributed by atoms with Gasteiger partial charge in [-0.3, -0.25) is 4.90 Å². The lowest BCUT2D eigenvalue weighted by atomic mass is 10.2. The highest BCUT2D eigenvalue weighted by atomic mass is 32.2. The number of sulfonamides is 1. The molecule has 1 aromatic carbocycles. The summed E-state index contributed by atoms with van der Waals surface area (Å²) in [6, 6.07) is 7.19. The first-order valence-corrected chi connectivity index (χ1v) is 8.67. The zero-order chi connectivity index (χ0) is 14.6. The number of nitrogens with one attached hydrogen (secondary N) is 1. The number of benzene rings is 1. The molecular weight excluding hydrogens is 274 g/mol. The molecular formula is C14H23N3O2S. The molecule has 1 fully saturated rings. The van der Waals surface area contributed by atoms with Gasteiger partial charge in [-0.1, -0.05) is 12.1 Å². The Labute approximate surface area is 121 Å². The Morgan fingerprint density at radius 3 is 2.45 bits per heavy atom. The van der Waals surface area contributed by atoms with E-state index in [1.54, 1.807) is 24.3 Å². The second-order valence-corrected chi connectivity index (χ2v) is 7.25. The number of nitrogens with two attached hydrogens (primary N) is 1. The highest BCUT2D eigenvalue weighted by molar-refractivity contribution is 7.88. The number of rotatable bonds is 6. The average molecular weight is 297 g/mol. The van der Waals surface area contributed by atoms with Gasteiger partial charge in [-0.2, -0.15) is 0 Å². The Kier molecular flexibility index (Phi) is 5.01. The smallest absolute Gasteiger partial charge is 0.215 e. The van der Waals surface area contributed by atoms with Crippen LogP contribution in [0, 0.1) is 0 Å². The van der Waals surface area contributed by atoms with Gasteiger partial charge in [-0.25, -0.2) is 13.1 Å². The minimum Gasteiger partial charge on any atom is -0.399 e. The van der Waals surface area contributed by atoms with Crippen LogP contribution in [0.5, 0.6) is 0 Å². The SMILES string of the molecule is CC(CNS(=O)(=O)Cc1ccc(N)cc1)N1CCCC1. The molecule has 1 atom stereocenters. The molecule has 0 amide bonds. The molecule has 1 heterocycles. The van der Waals surface area contributed by atoms with Crippen molar-refractivity contribution in [1.29, 1.82) is 0 Å². The number of nitrogens with zero attached hydrogens (tertiary/aromatic N) is 1. The van der Waals surface area contributed by atoms with E-state index in [-0.39, 0.29) is 11.8 Å². The summed E-state index contributed by atoms with van der Waals surface area (Å²) in [7, 11) is -3.29. The van der Waals surface area contributed by atoms with Gasteiger partial charge in [-0.05, 0) is 50.6 Å². The lowest BCUT2D eigenvalue weighted by Crippen LogP contribution is -2.40. The monoisotopic (exact) mass is 297 g/mol. The molecule has 3 N–H and O–H groups in total. The fourth-order valence-corrected chi connectivity index (χ4v) is 3.67. The van der Waals surface area contributed by atoms with E-state index in [4.69, 9.17) is 5.73 Å². The molecule has 20 heavy (non-hydrogen) atoms. The topological polar surface area (TPSA) is 75.4 Å². The van der Waals surface area contributed by atoms with Crippen LogP contribution < -0.4 is 10.5 Å². The van der Waals surface area contributed by atoms with Gasteiger partial charge >= 0.3 is 0 Å². The van der Waals surface area contributed by atoms with E-state index in [0.717, 1.165) is 18.7 Å². The molecule has 0 radical (unpaired) electrons. The van der Waals surface area contributed by atoms with Gasteiger partial charge in [-0.15, -0.1) is 0 Å². The maximum absolute atomic E-state index is 12.0. The van der Waals surface area contributed by atoms with Crippen molar-refractivity contribution in [2.24, 2.45) is 0 Å². The predicted octanol–water partition coefficient (Wildman–Crippen LogP) is 1.17. The Morgan fingerprint density at radius 2 is 1.85 bits per heavy atom. The van der Waals surface area contributed by atoms with Gasteiger partial charge < -0.3 is 5.73 Å². The number of hydrogen-bond donors (Lipinski definition) is 2. The predicted molar refractivity (Wildman–Crippen MR) is 81.7 cm³/mol. The van der Waals surface area contributed by atoms with Crippen LogP contribution in [-0.2, 0) is 15.8 Å². The molecule has 0 saturated carbocycles. The van der Waals surface area contributed by atoms with Crippen LogP contribution in [0.2, 0.25) is 0 Å². The normalized spacial score (nSPS) is 18.2. The molecule has 1 aliphatic rings. The quantitative estimate of drug-likeness (QED) is 0.773. The van der Waals surface area contributed by atoms with Crippen LogP contribution in [0.15, 0.2) is 24.3 Å². The van der Waals surface area contributed by atoms with Gasteiger partial charge in [0.2, 0.25) is 10.0 Å². The third-order valence-corrected chi connectivity index (χ3v) is 5.02. The molecule has 5 nitrogen and oxygen atoms in total. The zero-order valence-electron chi connectivity index (χ0n) is 11.9.